The number of carbonyl (C=O) groups is 2. The van der Waals surface area contributed by atoms with Gasteiger partial charge in [0, 0.05) is 43.5 Å². The normalized spacial score (nSPS) is 15.0. The van der Waals surface area contributed by atoms with E-state index in [4.69, 9.17) is 5.10 Å². The first-order valence-electron chi connectivity index (χ1n) is 12.8. The Morgan fingerprint density at radius 3 is 2.63 bits per heavy atom. The lowest BCUT2D eigenvalue weighted by Crippen LogP contribution is -2.65. The van der Waals surface area contributed by atoms with Gasteiger partial charge in [-0.3, -0.25) is 19.2 Å². The number of aldehydes is 1. The minimum atomic E-state index is -3.56. The summed E-state index contributed by atoms with van der Waals surface area (Å²) < 4.78 is 30.0. The average Bonchev–Trinajstić information content (AvgIpc) is 3.58. The number of sulfonamides is 1. The van der Waals surface area contributed by atoms with Gasteiger partial charge in [-0.1, -0.05) is 18.2 Å². The summed E-state index contributed by atoms with van der Waals surface area (Å²) in [6.45, 7) is 2.96. The van der Waals surface area contributed by atoms with Crippen LogP contribution in [0.15, 0.2) is 49.1 Å². The van der Waals surface area contributed by atoms with E-state index in [-0.39, 0.29) is 43.2 Å². The number of nitrogens with zero attached hydrogens (tertiary/aromatic N) is 8. The van der Waals surface area contributed by atoms with E-state index in [0.29, 0.717) is 28.6 Å². The van der Waals surface area contributed by atoms with Gasteiger partial charge >= 0.3 is 0 Å². The summed E-state index contributed by atoms with van der Waals surface area (Å²) in [4.78, 5) is 35.4. The molecule has 1 fully saturated rings. The summed E-state index contributed by atoms with van der Waals surface area (Å²) in [5.74, 6) is -0.306. The van der Waals surface area contributed by atoms with E-state index >= 15 is 0 Å². The van der Waals surface area contributed by atoms with Crippen molar-refractivity contribution in [3.05, 3.63) is 60.2 Å². The molecule has 1 aliphatic heterocycles. The lowest BCUT2D eigenvalue weighted by Gasteiger charge is -2.48. The standard InChI is InChI=1S/C27H28N8O5S/c1-18(2)41(39,40)34-14-27(15-34,9-10-28)35-12-22(23-21-8-11-33(17-37)24(21)30-16-29-23)25(31-35)32(3)26(38)20-7-5-4-6-19(20)13-36/h4-8,11-13,16,18,37H,9,14-15,17H2,1-3H3. The second kappa shape index (κ2) is 10.5. The molecule has 1 aromatic carbocycles. The van der Waals surface area contributed by atoms with Gasteiger partial charge in [0.25, 0.3) is 5.91 Å². The maximum atomic E-state index is 13.7. The molecule has 1 N–H and O–H groups in total. The monoisotopic (exact) mass is 576 g/mol. The van der Waals surface area contributed by atoms with Crippen LogP contribution in [-0.2, 0) is 22.3 Å². The first kappa shape index (κ1) is 28.1. The zero-order valence-corrected chi connectivity index (χ0v) is 23.5. The fourth-order valence-electron chi connectivity index (χ4n) is 5.00. The fourth-order valence-corrected chi connectivity index (χ4v) is 6.44. The highest BCUT2D eigenvalue weighted by molar-refractivity contribution is 7.89. The molecule has 1 aliphatic rings. The molecule has 0 aliphatic carbocycles. The van der Waals surface area contributed by atoms with Gasteiger partial charge in [-0.2, -0.15) is 14.7 Å². The molecule has 1 amide bonds. The van der Waals surface area contributed by atoms with Gasteiger partial charge in [-0.05, 0) is 26.0 Å². The Kier molecular flexibility index (Phi) is 7.20. The number of rotatable bonds is 9. The highest BCUT2D eigenvalue weighted by atomic mass is 32.2. The van der Waals surface area contributed by atoms with Crippen molar-refractivity contribution in [2.45, 2.75) is 37.8 Å². The predicted octanol–water partition coefficient (Wildman–Crippen LogP) is 2.00. The van der Waals surface area contributed by atoms with Crippen molar-refractivity contribution in [2.24, 2.45) is 0 Å². The molecule has 0 unspecified atom stereocenters. The number of fused-ring (bicyclic) bond motifs is 1. The molecular weight excluding hydrogens is 548 g/mol. The SMILES string of the molecule is CC(C)S(=O)(=O)N1CC(CC#N)(n2cc(-c3ncnc4c3ccn4CO)c(N(C)C(=O)c3ccccc3C=O)n2)C1. The minimum Gasteiger partial charge on any atom is -0.376 e. The van der Waals surface area contributed by atoms with Gasteiger partial charge in [0.2, 0.25) is 10.0 Å². The van der Waals surface area contributed by atoms with Gasteiger partial charge in [0.1, 0.15) is 24.2 Å². The topological polar surface area (TPSA) is 167 Å². The third kappa shape index (κ3) is 4.57. The molecule has 14 heteroatoms. The maximum Gasteiger partial charge on any atom is 0.259 e. The molecule has 0 saturated carbocycles. The molecule has 13 nitrogen and oxygen atoms in total. The van der Waals surface area contributed by atoms with E-state index in [9.17, 15) is 28.4 Å². The molecular formula is C27H28N8O5S. The summed E-state index contributed by atoms with van der Waals surface area (Å²) in [6, 6.07) is 10.3. The molecule has 1 saturated heterocycles. The molecule has 3 aromatic heterocycles. The first-order chi connectivity index (χ1) is 19.6. The second-order valence-electron chi connectivity index (χ2n) is 10.2. The van der Waals surface area contributed by atoms with Crippen LogP contribution in [0.2, 0.25) is 0 Å². The Morgan fingerprint density at radius 2 is 1.98 bits per heavy atom. The number of amides is 1. The summed E-state index contributed by atoms with van der Waals surface area (Å²) in [7, 11) is -2.04. The lowest BCUT2D eigenvalue weighted by atomic mass is 9.89. The van der Waals surface area contributed by atoms with Crippen LogP contribution in [0.4, 0.5) is 5.82 Å². The smallest absolute Gasteiger partial charge is 0.259 e. The van der Waals surface area contributed by atoms with E-state index in [1.54, 1.807) is 61.3 Å². The van der Waals surface area contributed by atoms with Crippen molar-refractivity contribution in [1.29, 1.82) is 5.26 Å². The van der Waals surface area contributed by atoms with E-state index in [1.807, 2.05) is 0 Å². The number of aliphatic hydroxyl groups excluding tert-OH is 1. The van der Waals surface area contributed by atoms with E-state index in [0.717, 1.165) is 0 Å². The van der Waals surface area contributed by atoms with Crippen LogP contribution < -0.4 is 4.90 Å². The Morgan fingerprint density at radius 1 is 1.24 bits per heavy atom. The molecule has 0 atom stereocenters. The van der Waals surface area contributed by atoms with Crippen LogP contribution in [0.1, 0.15) is 41.0 Å². The summed E-state index contributed by atoms with van der Waals surface area (Å²) >= 11 is 0. The molecule has 0 bridgehead atoms. The molecule has 4 heterocycles. The van der Waals surface area contributed by atoms with E-state index in [2.05, 4.69) is 16.0 Å². The van der Waals surface area contributed by atoms with E-state index < -0.39 is 26.7 Å². The minimum absolute atomic E-state index is 0.0244. The number of benzene rings is 1. The Balaban J connectivity index is 1.67. The molecule has 41 heavy (non-hydrogen) atoms. The third-order valence-corrected chi connectivity index (χ3v) is 9.56. The Bertz CT molecular complexity index is 1800. The second-order valence-corrected chi connectivity index (χ2v) is 12.7. The van der Waals surface area contributed by atoms with Gasteiger partial charge in [0.15, 0.2) is 12.1 Å². The maximum absolute atomic E-state index is 13.7. The molecule has 4 aromatic rings. The quantitative estimate of drug-likeness (QED) is 0.293. The molecule has 5 rings (SSSR count). The number of aromatic nitrogens is 5. The van der Waals surface area contributed by atoms with Gasteiger partial charge in [-0.15, -0.1) is 0 Å². The van der Waals surface area contributed by atoms with Crippen molar-refractivity contribution >= 4 is 39.1 Å². The number of hydrogen-bond donors (Lipinski definition) is 1. The summed E-state index contributed by atoms with van der Waals surface area (Å²) in [5, 5.41) is 24.1. The van der Waals surface area contributed by atoms with Gasteiger partial charge in [-0.25, -0.2) is 18.4 Å². The largest absolute Gasteiger partial charge is 0.376 e. The molecule has 0 spiro atoms. The molecule has 212 valence electrons. The van der Waals surface area contributed by atoms with Crippen LogP contribution in [0, 0.1) is 11.3 Å². The van der Waals surface area contributed by atoms with Crippen molar-refractivity contribution in [3.63, 3.8) is 0 Å². The van der Waals surface area contributed by atoms with Gasteiger partial charge in [0.05, 0.1) is 34.6 Å². The van der Waals surface area contributed by atoms with Crippen molar-refractivity contribution in [2.75, 3.05) is 25.0 Å². The van der Waals surface area contributed by atoms with Crippen molar-refractivity contribution in [1.82, 2.24) is 28.6 Å². The average molecular weight is 577 g/mol. The summed E-state index contributed by atoms with van der Waals surface area (Å²) in [6.07, 6.45) is 5.22. The number of hydrogen-bond acceptors (Lipinski definition) is 9. The van der Waals surface area contributed by atoms with Crippen LogP contribution in [0.3, 0.4) is 0 Å². The van der Waals surface area contributed by atoms with Crippen molar-refractivity contribution in [3.8, 4) is 17.3 Å². The van der Waals surface area contributed by atoms with Crippen LogP contribution in [-0.4, -0.2) is 79.7 Å². The van der Waals surface area contributed by atoms with Gasteiger partial charge < -0.3 is 9.67 Å². The van der Waals surface area contributed by atoms with Crippen LogP contribution in [0.25, 0.3) is 22.3 Å². The number of aliphatic hydroxyl groups is 1. The van der Waals surface area contributed by atoms with E-state index in [1.165, 1.54) is 27.1 Å². The lowest BCUT2D eigenvalue weighted by molar-refractivity contribution is 0.0712. The zero-order valence-electron chi connectivity index (χ0n) is 22.7. The number of nitriles is 1. The van der Waals surface area contributed by atoms with Crippen molar-refractivity contribution < 1.29 is 23.1 Å². The predicted molar refractivity (Wildman–Crippen MR) is 149 cm³/mol. The molecule has 0 radical (unpaired) electrons. The number of anilines is 1. The third-order valence-electron chi connectivity index (χ3n) is 7.39. The summed E-state index contributed by atoms with van der Waals surface area (Å²) in [5.41, 5.74) is 0.719. The zero-order chi connectivity index (χ0) is 29.5. The number of carbonyl (C=O) groups excluding carboxylic acids is 2. The Hall–Kier alpha value is -4.45. The highest BCUT2D eigenvalue weighted by Crippen LogP contribution is 2.40. The Labute approximate surface area is 236 Å². The highest BCUT2D eigenvalue weighted by Gasteiger charge is 2.51. The first-order valence-corrected chi connectivity index (χ1v) is 14.3. The fraction of sp³-hybridized carbons (Fsp3) is 0.333. The van der Waals surface area contributed by atoms with Crippen LogP contribution >= 0.6 is 0 Å². The van der Waals surface area contributed by atoms with Crippen LogP contribution in [0.5, 0.6) is 0 Å².